The van der Waals surface area contributed by atoms with E-state index in [1.54, 1.807) is 0 Å². The molecule has 1 aliphatic rings. The second-order valence-electron chi connectivity index (χ2n) is 4.60. The maximum absolute atomic E-state index is 9.44. The van der Waals surface area contributed by atoms with Crippen LogP contribution in [0.5, 0.6) is 0 Å². The van der Waals surface area contributed by atoms with Gasteiger partial charge in [0, 0.05) is 35.4 Å². The van der Waals surface area contributed by atoms with Crippen LogP contribution in [0.15, 0.2) is 22.7 Å². The molecule has 0 aliphatic carbocycles. The van der Waals surface area contributed by atoms with E-state index >= 15 is 0 Å². The second-order valence-corrected chi connectivity index (χ2v) is 5.52. The third-order valence-electron chi connectivity index (χ3n) is 3.39. The van der Waals surface area contributed by atoms with E-state index in [2.05, 4.69) is 33.8 Å². The number of halogens is 1. The Bertz CT molecular complexity index is 391. The number of benzene rings is 1. The van der Waals surface area contributed by atoms with Gasteiger partial charge in [-0.05, 0) is 31.9 Å². The van der Waals surface area contributed by atoms with Crippen molar-refractivity contribution in [3.05, 3.63) is 28.2 Å². The predicted octanol–water partition coefficient (Wildman–Crippen LogP) is 2.95. The normalized spacial score (nSPS) is 19.2. The number of hydrogen-bond donors (Lipinski definition) is 1. The molecule has 3 nitrogen and oxygen atoms in total. The van der Waals surface area contributed by atoms with E-state index in [-0.39, 0.29) is 6.61 Å². The van der Waals surface area contributed by atoms with Gasteiger partial charge < -0.3 is 14.7 Å². The number of nitrogens with zero attached hydrogens (tertiary/aromatic N) is 1. The Labute approximate surface area is 117 Å². The minimum absolute atomic E-state index is 0.0740. The van der Waals surface area contributed by atoms with Gasteiger partial charge in [0.2, 0.25) is 0 Å². The van der Waals surface area contributed by atoms with Gasteiger partial charge in [0.15, 0.2) is 0 Å². The van der Waals surface area contributed by atoms with Crippen molar-refractivity contribution in [1.82, 2.24) is 0 Å². The number of likely N-dealkylation sites (N-methyl/N-ethyl adjacent to an activating group) is 1. The van der Waals surface area contributed by atoms with Crippen LogP contribution in [-0.2, 0) is 11.3 Å². The van der Waals surface area contributed by atoms with Crippen molar-refractivity contribution in [3.8, 4) is 0 Å². The van der Waals surface area contributed by atoms with Crippen molar-refractivity contribution in [2.24, 2.45) is 0 Å². The number of aliphatic hydroxyl groups excluding tert-OH is 1. The molecule has 0 aromatic heterocycles. The second kappa shape index (κ2) is 6.55. The Morgan fingerprint density at radius 1 is 1.50 bits per heavy atom. The zero-order chi connectivity index (χ0) is 13.0. The zero-order valence-electron chi connectivity index (χ0n) is 10.7. The molecular formula is C14H20BrNO2. The summed E-state index contributed by atoms with van der Waals surface area (Å²) in [6.07, 6.45) is 2.63. The minimum atomic E-state index is 0.0740. The van der Waals surface area contributed by atoms with E-state index in [1.807, 2.05) is 12.1 Å². The Kier molecular flexibility index (Phi) is 5.03. The highest BCUT2D eigenvalue weighted by molar-refractivity contribution is 9.10. The molecule has 0 amide bonds. The van der Waals surface area contributed by atoms with Crippen LogP contribution in [0.2, 0.25) is 0 Å². The van der Waals surface area contributed by atoms with Gasteiger partial charge >= 0.3 is 0 Å². The molecule has 1 saturated heterocycles. The van der Waals surface area contributed by atoms with Gasteiger partial charge in [0.1, 0.15) is 0 Å². The molecule has 1 unspecified atom stereocenters. The van der Waals surface area contributed by atoms with Gasteiger partial charge in [-0.2, -0.15) is 0 Å². The highest BCUT2D eigenvalue weighted by atomic mass is 79.9. The molecule has 1 heterocycles. The summed E-state index contributed by atoms with van der Waals surface area (Å²) >= 11 is 3.50. The van der Waals surface area contributed by atoms with Crippen molar-refractivity contribution in [2.75, 3.05) is 24.6 Å². The van der Waals surface area contributed by atoms with E-state index in [0.29, 0.717) is 6.10 Å². The number of ether oxygens (including phenoxy) is 1. The van der Waals surface area contributed by atoms with E-state index in [4.69, 9.17) is 4.74 Å². The Morgan fingerprint density at radius 2 is 2.33 bits per heavy atom. The summed E-state index contributed by atoms with van der Waals surface area (Å²) in [7, 11) is 0. The highest BCUT2D eigenvalue weighted by Crippen LogP contribution is 2.26. The van der Waals surface area contributed by atoms with Crippen molar-refractivity contribution < 1.29 is 9.84 Å². The number of rotatable bonds is 5. The zero-order valence-corrected chi connectivity index (χ0v) is 12.3. The Hall–Kier alpha value is -0.580. The predicted molar refractivity (Wildman–Crippen MR) is 76.9 cm³/mol. The van der Waals surface area contributed by atoms with Crippen molar-refractivity contribution in [2.45, 2.75) is 32.5 Å². The molecule has 1 aromatic rings. The lowest BCUT2D eigenvalue weighted by Crippen LogP contribution is -2.32. The lowest BCUT2D eigenvalue weighted by Gasteiger charge is -2.28. The van der Waals surface area contributed by atoms with E-state index in [9.17, 15) is 5.11 Å². The number of anilines is 1. The molecule has 1 aromatic carbocycles. The summed E-state index contributed by atoms with van der Waals surface area (Å²) in [5, 5.41) is 9.44. The first-order valence-electron chi connectivity index (χ1n) is 6.50. The molecule has 0 spiro atoms. The lowest BCUT2D eigenvalue weighted by molar-refractivity contribution is 0.115. The van der Waals surface area contributed by atoms with E-state index in [1.165, 1.54) is 0 Å². The number of aliphatic hydroxyl groups is 1. The van der Waals surface area contributed by atoms with Gasteiger partial charge in [-0.1, -0.05) is 22.0 Å². The SMILES string of the molecule is CCN(CC1CCCO1)c1cc(Br)ccc1CO. The smallest absolute Gasteiger partial charge is 0.0750 e. The van der Waals surface area contributed by atoms with Gasteiger partial charge in [-0.3, -0.25) is 0 Å². The molecule has 1 aliphatic heterocycles. The molecule has 4 heteroatoms. The van der Waals surface area contributed by atoms with Crippen LogP contribution in [-0.4, -0.2) is 30.9 Å². The highest BCUT2D eigenvalue weighted by Gasteiger charge is 2.20. The molecule has 0 saturated carbocycles. The first kappa shape index (κ1) is 13.8. The average Bonchev–Trinajstić information content (AvgIpc) is 2.88. The first-order chi connectivity index (χ1) is 8.74. The van der Waals surface area contributed by atoms with Crippen molar-refractivity contribution in [1.29, 1.82) is 0 Å². The molecule has 0 radical (unpaired) electrons. The summed E-state index contributed by atoms with van der Waals surface area (Å²) in [5.41, 5.74) is 2.07. The monoisotopic (exact) mass is 313 g/mol. The largest absolute Gasteiger partial charge is 0.392 e. The fourth-order valence-electron chi connectivity index (χ4n) is 2.40. The lowest BCUT2D eigenvalue weighted by atomic mass is 10.1. The van der Waals surface area contributed by atoms with Crippen molar-refractivity contribution >= 4 is 21.6 Å². The Morgan fingerprint density at radius 3 is 2.94 bits per heavy atom. The fourth-order valence-corrected chi connectivity index (χ4v) is 2.75. The molecular weight excluding hydrogens is 294 g/mol. The summed E-state index contributed by atoms with van der Waals surface area (Å²) in [6.45, 7) is 4.92. The number of hydrogen-bond acceptors (Lipinski definition) is 3. The molecule has 1 fully saturated rings. The minimum Gasteiger partial charge on any atom is -0.392 e. The Balaban J connectivity index is 2.17. The van der Waals surface area contributed by atoms with Crippen LogP contribution in [0, 0.1) is 0 Å². The van der Waals surface area contributed by atoms with Gasteiger partial charge in [-0.15, -0.1) is 0 Å². The van der Waals surface area contributed by atoms with E-state index < -0.39 is 0 Å². The topological polar surface area (TPSA) is 32.7 Å². The van der Waals surface area contributed by atoms with E-state index in [0.717, 1.165) is 48.3 Å². The van der Waals surface area contributed by atoms with Crippen LogP contribution < -0.4 is 4.90 Å². The fraction of sp³-hybridized carbons (Fsp3) is 0.571. The summed E-state index contributed by atoms with van der Waals surface area (Å²) in [5.74, 6) is 0. The van der Waals surface area contributed by atoms with Crippen LogP contribution in [0.3, 0.4) is 0 Å². The summed E-state index contributed by atoms with van der Waals surface area (Å²) < 4.78 is 6.74. The molecule has 2 rings (SSSR count). The van der Waals surface area contributed by atoms with Gasteiger partial charge in [0.25, 0.3) is 0 Å². The molecule has 0 bridgehead atoms. The third-order valence-corrected chi connectivity index (χ3v) is 3.88. The molecule has 1 N–H and O–H groups in total. The molecule has 1 atom stereocenters. The molecule has 18 heavy (non-hydrogen) atoms. The van der Waals surface area contributed by atoms with Crippen molar-refractivity contribution in [3.63, 3.8) is 0 Å². The standard InChI is InChI=1S/C14H20BrNO2/c1-2-16(9-13-4-3-7-18-13)14-8-12(15)6-5-11(14)10-17/h5-6,8,13,17H,2-4,7,9-10H2,1H3. The van der Waals surface area contributed by atoms with Gasteiger partial charge in [-0.25, -0.2) is 0 Å². The van der Waals surface area contributed by atoms with Crippen LogP contribution in [0.4, 0.5) is 5.69 Å². The quantitative estimate of drug-likeness (QED) is 0.907. The first-order valence-corrected chi connectivity index (χ1v) is 7.29. The van der Waals surface area contributed by atoms with Crippen LogP contribution in [0.1, 0.15) is 25.3 Å². The third kappa shape index (κ3) is 3.25. The van der Waals surface area contributed by atoms with Gasteiger partial charge in [0.05, 0.1) is 12.7 Å². The average molecular weight is 314 g/mol. The maximum Gasteiger partial charge on any atom is 0.0750 e. The van der Waals surface area contributed by atoms with Crippen LogP contribution in [0.25, 0.3) is 0 Å². The van der Waals surface area contributed by atoms with Crippen LogP contribution >= 0.6 is 15.9 Å². The summed E-state index contributed by atoms with van der Waals surface area (Å²) in [6, 6.07) is 6.01. The summed E-state index contributed by atoms with van der Waals surface area (Å²) in [4.78, 5) is 2.28. The maximum atomic E-state index is 9.44. The molecule has 100 valence electrons.